The Kier molecular flexibility index (Phi) is 14.4. The van der Waals surface area contributed by atoms with Crippen molar-refractivity contribution < 1.29 is 23.9 Å². The molecule has 0 aliphatic heterocycles. The summed E-state index contributed by atoms with van der Waals surface area (Å²) in [4.78, 5) is 58.6. The highest BCUT2D eigenvalue weighted by atomic mass is 16.6. The zero-order valence-corrected chi connectivity index (χ0v) is 33.4. The van der Waals surface area contributed by atoms with E-state index < -0.39 is 29.3 Å². The fourth-order valence-electron chi connectivity index (χ4n) is 5.81. The van der Waals surface area contributed by atoms with Crippen LogP contribution in [-0.2, 0) is 40.4 Å². The van der Waals surface area contributed by atoms with Gasteiger partial charge in [-0.3, -0.25) is 24.9 Å². The van der Waals surface area contributed by atoms with Gasteiger partial charge in [0.25, 0.3) is 5.56 Å². The van der Waals surface area contributed by atoms with Crippen LogP contribution in [0.25, 0.3) is 11.3 Å². The standard InChI is InChI=1S/C44H50N8O6/c1-30(2)49-40-41(54)51(27-39(53)47-25-32-16-18-37(19-17-32)52(29-45)43(56)57-28-33-14-10-7-11-15-33)38(26-48-40)34-22-35(46-21-20-31-12-8-6-9-13-31)24-36(23-34)50-42(55)58-44(3,4)5/h6-19,22-24,26,29-30,45-46H,20-21,25,27-28H2,1-5H3,(H,47,53)(H,48,49)(H,50,55). The van der Waals surface area contributed by atoms with Crippen LogP contribution in [0.2, 0.25) is 0 Å². The van der Waals surface area contributed by atoms with Gasteiger partial charge in [0.15, 0.2) is 5.82 Å². The first kappa shape index (κ1) is 42.2. The van der Waals surface area contributed by atoms with Crippen molar-refractivity contribution in [3.63, 3.8) is 0 Å². The molecule has 58 heavy (non-hydrogen) atoms. The highest BCUT2D eigenvalue weighted by Gasteiger charge is 2.20. The fraction of sp³-hybridized carbons (Fsp3) is 0.273. The number of nitrogens with zero attached hydrogens (tertiary/aromatic N) is 3. The van der Waals surface area contributed by atoms with Gasteiger partial charge in [0.05, 0.1) is 23.9 Å². The Morgan fingerprint density at radius 3 is 2.17 bits per heavy atom. The van der Waals surface area contributed by atoms with Crippen LogP contribution in [0.1, 0.15) is 51.3 Å². The maximum Gasteiger partial charge on any atom is 0.420 e. The molecule has 0 aliphatic carbocycles. The molecule has 302 valence electrons. The first-order chi connectivity index (χ1) is 27.8. The van der Waals surface area contributed by atoms with Crippen LogP contribution in [0.3, 0.4) is 0 Å². The normalized spacial score (nSPS) is 11.0. The Labute approximate surface area is 338 Å². The van der Waals surface area contributed by atoms with Gasteiger partial charge in [-0.05, 0) is 88.1 Å². The second-order valence-corrected chi connectivity index (χ2v) is 14.8. The third kappa shape index (κ3) is 12.5. The highest BCUT2D eigenvalue weighted by Crippen LogP contribution is 2.28. The number of amides is 3. The van der Waals surface area contributed by atoms with Gasteiger partial charge in [-0.25, -0.2) is 19.5 Å². The molecule has 14 heteroatoms. The van der Waals surface area contributed by atoms with Gasteiger partial charge in [0.1, 0.15) is 18.8 Å². The Bertz CT molecular complexity index is 2240. The molecule has 0 bridgehead atoms. The molecule has 0 radical (unpaired) electrons. The lowest BCUT2D eigenvalue weighted by Crippen LogP contribution is -2.35. The summed E-state index contributed by atoms with van der Waals surface area (Å²) in [5.41, 5.74) is 3.84. The molecule has 0 saturated heterocycles. The van der Waals surface area contributed by atoms with E-state index in [1.54, 1.807) is 57.2 Å². The summed E-state index contributed by atoms with van der Waals surface area (Å²) in [6, 6.07) is 31.2. The second kappa shape index (κ2) is 19.8. The highest BCUT2D eigenvalue weighted by molar-refractivity contribution is 6.04. The van der Waals surface area contributed by atoms with Crippen LogP contribution in [0.4, 0.5) is 32.5 Å². The quantitative estimate of drug-likeness (QED) is 0.0493. The second-order valence-electron chi connectivity index (χ2n) is 14.8. The number of carbonyl (C=O) groups is 3. The van der Waals surface area contributed by atoms with Crippen LogP contribution < -0.4 is 31.7 Å². The van der Waals surface area contributed by atoms with Crippen molar-refractivity contribution in [3.05, 3.63) is 136 Å². The van der Waals surface area contributed by atoms with E-state index in [1.165, 1.54) is 10.8 Å². The molecule has 14 nitrogen and oxygen atoms in total. The van der Waals surface area contributed by atoms with Crippen molar-refractivity contribution in [2.24, 2.45) is 0 Å². The number of ether oxygens (including phenoxy) is 2. The molecule has 1 aromatic heterocycles. The average Bonchev–Trinajstić information content (AvgIpc) is 3.18. The van der Waals surface area contributed by atoms with E-state index in [0.29, 0.717) is 34.9 Å². The maximum absolute atomic E-state index is 13.9. The van der Waals surface area contributed by atoms with Crippen molar-refractivity contribution >= 4 is 47.3 Å². The maximum atomic E-state index is 13.9. The zero-order chi connectivity index (χ0) is 41.7. The minimum absolute atomic E-state index is 0.0621. The van der Waals surface area contributed by atoms with Crippen molar-refractivity contribution in [1.82, 2.24) is 14.9 Å². The molecule has 4 aromatic carbocycles. The Morgan fingerprint density at radius 2 is 1.53 bits per heavy atom. The fourth-order valence-corrected chi connectivity index (χ4v) is 5.81. The smallest absolute Gasteiger partial charge is 0.420 e. The molecule has 5 aromatic rings. The molecule has 0 saturated carbocycles. The van der Waals surface area contributed by atoms with Crippen LogP contribution in [0.5, 0.6) is 0 Å². The number of aromatic nitrogens is 2. The molecular formula is C44H50N8O6. The molecule has 0 atom stereocenters. The molecule has 0 spiro atoms. The van der Waals surface area contributed by atoms with E-state index in [4.69, 9.17) is 14.9 Å². The van der Waals surface area contributed by atoms with Gasteiger partial charge in [-0.2, -0.15) is 0 Å². The topological polar surface area (TPSA) is 180 Å². The Balaban J connectivity index is 1.35. The van der Waals surface area contributed by atoms with Crippen molar-refractivity contribution in [2.75, 3.05) is 27.4 Å². The number of nitrogens with one attached hydrogen (secondary N) is 5. The molecule has 5 rings (SSSR count). The summed E-state index contributed by atoms with van der Waals surface area (Å²) in [5.74, 6) is -0.353. The number of carbonyl (C=O) groups excluding carboxylic acids is 3. The lowest BCUT2D eigenvalue weighted by Gasteiger charge is -2.21. The van der Waals surface area contributed by atoms with E-state index >= 15 is 0 Å². The largest absolute Gasteiger partial charge is 0.444 e. The van der Waals surface area contributed by atoms with E-state index in [-0.39, 0.29) is 31.6 Å². The summed E-state index contributed by atoms with van der Waals surface area (Å²) in [6.45, 7) is 9.52. The SMILES string of the molecule is CC(C)Nc1ncc(-c2cc(NCCc3ccccc3)cc(NC(=O)OC(C)(C)C)c2)n(CC(=O)NCc2ccc(N(C=N)C(=O)OCc3ccccc3)cc2)c1=O. The minimum Gasteiger partial charge on any atom is -0.444 e. The van der Waals surface area contributed by atoms with Gasteiger partial charge < -0.3 is 25.4 Å². The molecule has 3 amide bonds. The summed E-state index contributed by atoms with van der Waals surface area (Å²) in [7, 11) is 0. The van der Waals surface area contributed by atoms with E-state index in [2.05, 4.69) is 26.3 Å². The molecule has 1 heterocycles. The first-order valence-corrected chi connectivity index (χ1v) is 18.9. The van der Waals surface area contributed by atoms with Crippen LogP contribution in [0.15, 0.2) is 114 Å². The van der Waals surface area contributed by atoms with Gasteiger partial charge in [-0.15, -0.1) is 0 Å². The van der Waals surface area contributed by atoms with Crippen LogP contribution in [0, 0.1) is 5.41 Å². The van der Waals surface area contributed by atoms with Gasteiger partial charge >= 0.3 is 12.2 Å². The summed E-state index contributed by atoms with van der Waals surface area (Å²) in [6.07, 6.45) is 1.80. The van der Waals surface area contributed by atoms with Crippen molar-refractivity contribution in [1.29, 1.82) is 5.41 Å². The molecule has 0 unspecified atom stereocenters. The van der Waals surface area contributed by atoms with Crippen molar-refractivity contribution in [3.8, 4) is 11.3 Å². The third-order valence-corrected chi connectivity index (χ3v) is 8.48. The molecule has 5 N–H and O–H groups in total. The Hall–Kier alpha value is -6.96. The first-order valence-electron chi connectivity index (χ1n) is 18.9. The number of benzene rings is 4. The van der Waals surface area contributed by atoms with E-state index in [0.717, 1.165) is 34.3 Å². The Morgan fingerprint density at radius 1 is 0.879 bits per heavy atom. The molecule has 0 fully saturated rings. The number of hydrogen-bond acceptors (Lipinski definition) is 10. The lowest BCUT2D eigenvalue weighted by atomic mass is 10.1. The van der Waals surface area contributed by atoms with Gasteiger partial charge in [0, 0.05) is 36.1 Å². The summed E-state index contributed by atoms with van der Waals surface area (Å²) in [5, 5.41) is 19.9. The summed E-state index contributed by atoms with van der Waals surface area (Å²) < 4.78 is 12.2. The van der Waals surface area contributed by atoms with Crippen molar-refractivity contribution in [2.45, 2.75) is 72.4 Å². The van der Waals surface area contributed by atoms with Gasteiger partial charge in [-0.1, -0.05) is 72.8 Å². The number of hydrogen-bond donors (Lipinski definition) is 5. The van der Waals surface area contributed by atoms with Gasteiger partial charge in [0.2, 0.25) is 5.91 Å². The number of anilines is 4. The monoisotopic (exact) mass is 786 g/mol. The number of rotatable bonds is 16. The van der Waals surface area contributed by atoms with Crippen LogP contribution in [-0.4, -0.2) is 52.2 Å². The average molecular weight is 787 g/mol. The minimum atomic E-state index is -0.727. The predicted octanol–water partition coefficient (Wildman–Crippen LogP) is 7.80. The third-order valence-electron chi connectivity index (χ3n) is 8.48. The van der Waals surface area contributed by atoms with E-state index in [1.807, 2.05) is 80.6 Å². The van der Waals surface area contributed by atoms with E-state index in [9.17, 15) is 19.2 Å². The van der Waals surface area contributed by atoms with Crippen LogP contribution >= 0.6 is 0 Å². The summed E-state index contributed by atoms with van der Waals surface area (Å²) >= 11 is 0. The molecule has 0 aliphatic rings. The molecular weight excluding hydrogens is 737 g/mol. The zero-order valence-electron chi connectivity index (χ0n) is 33.4. The lowest BCUT2D eigenvalue weighted by molar-refractivity contribution is -0.121. The predicted molar refractivity (Wildman–Crippen MR) is 227 cm³/mol.